The summed E-state index contributed by atoms with van der Waals surface area (Å²) >= 11 is 0. The Balaban J connectivity index is 2.88. The highest BCUT2D eigenvalue weighted by Crippen LogP contribution is 2.44. The van der Waals surface area contributed by atoms with E-state index in [9.17, 15) is 5.11 Å². The van der Waals surface area contributed by atoms with E-state index in [1.54, 1.807) is 0 Å². The molecule has 1 saturated heterocycles. The van der Waals surface area contributed by atoms with Crippen LogP contribution in [0.25, 0.3) is 0 Å². The first-order chi connectivity index (χ1) is 6.48. The van der Waals surface area contributed by atoms with Crippen molar-refractivity contribution in [3.05, 3.63) is 0 Å². The molecule has 0 amide bonds. The fraction of sp³-hybridized carbons (Fsp3) is 1.00. The summed E-state index contributed by atoms with van der Waals surface area (Å²) in [4.78, 5) is 0. The predicted molar refractivity (Wildman–Crippen MR) is 57.9 cm³/mol. The van der Waals surface area contributed by atoms with E-state index in [0.29, 0.717) is 11.8 Å². The van der Waals surface area contributed by atoms with Crippen molar-refractivity contribution in [3.8, 4) is 0 Å². The quantitative estimate of drug-likeness (QED) is 0.742. The minimum absolute atomic E-state index is 0.106. The average Bonchev–Trinajstić information content (AvgIpc) is 2.21. The van der Waals surface area contributed by atoms with E-state index >= 15 is 0 Å². The van der Waals surface area contributed by atoms with Gasteiger partial charge in [0.05, 0.1) is 5.60 Å². The zero-order valence-corrected chi connectivity index (χ0v) is 10.1. The molecule has 0 aliphatic carbocycles. The van der Waals surface area contributed by atoms with Crippen LogP contribution in [-0.2, 0) is 4.74 Å². The lowest BCUT2D eigenvalue weighted by Gasteiger charge is -2.50. The number of hydrogen-bond acceptors (Lipinski definition) is 2. The average molecular weight is 200 g/mol. The van der Waals surface area contributed by atoms with Crippen LogP contribution in [0.1, 0.15) is 47.5 Å². The van der Waals surface area contributed by atoms with Gasteiger partial charge >= 0.3 is 0 Å². The third kappa shape index (κ3) is 1.70. The van der Waals surface area contributed by atoms with E-state index in [4.69, 9.17) is 4.74 Å². The molecule has 0 aromatic heterocycles. The van der Waals surface area contributed by atoms with Crippen LogP contribution in [0.3, 0.4) is 0 Å². The summed E-state index contributed by atoms with van der Waals surface area (Å²) in [5.41, 5.74) is -0.106. The highest BCUT2D eigenvalue weighted by molar-refractivity contribution is 4.92. The molecular formula is C12H24O2. The van der Waals surface area contributed by atoms with Crippen LogP contribution < -0.4 is 0 Å². The van der Waals surface area contributed by atoms with Crippen molar-refractivity contribution >= 4 is 0 Å². The van der Waals surface area contributed by atoms with Crippen LogP contribution in [0.4, 0.5) is 0 Å². The first-order valence-electron chi connectivity index (χ1n) is 5.84. The van der Waals surface area contributed by atoms with Gasteiger partial charge in [-0.3, -0.25) is 0 Å². The molecule has 0 radical (unpaired) electrons. The largest absolute Gasteiger partial charge is 0.368 e. The van der Waals surface area contributed by atoms with Crippen LogP contribution in [0.15, 0.2) is 0 Å². The number of aliphatic hydroxyl groups excluding tert-OH is 1. The van der Waals surface area contributed by atoms with E-state index in [0.717, 1.165) is 12.8 Å². The molecule has 4 atom stereocenters. The molecule has 0 spiro atoms. The molecule has 1 unspecified atom stereocenters. The Hall–Kier alpha value is -0.0800. The SMILES string of the molecule is CCC1(CC)OC(O)[C@H](C)[C@@H](C)[C@@H]1C. The summed E-state index contributed by atoms with van der Waals surface area (Å²) in [5.74, 6) is 1.30. The zero-order chi connectivity index (χ0) is 10.9. The maximum absolute atomic E-state index is 9.84. The number of ether oxygens (including phenoxy) is 1. The standard InChI is InChI=1S/C12H24O2/c1-6-12(7-2)10(5)8(3)9(4)11(13)14-12/h8-11,13H,6-7H2,1-5H3/t8-,9-,10+,11?/m1/s1. The molecule has 0 bridgehead atoms. The molecule has 1 fully saturated rings. The summed E-state index contributed by atoms with van der Waals surface area (Å²) in [6.07, 6.45) is 1.39. The molecular weight excluding hydrogens is 176 g/mol. The van der Waals surface area contributed by atoms with E-state index in [1.165, 1.54) is 0 Å². The Bertz CT molecular complexity index is 187. The summed E-state index contributed by atoms with van der Waals surface area (Å²) in [6.45, 7) is 10.8. The van der Waals surface area contributed by atoms with Crippen molar-refractivity contribution in [2.24, 2.45) is 17.8 Å². The third-order valence-electron chi connectivity index (χ3n) is 4.45. The molecule has 1 aliphatic rings. The second-order valence-electron chi connectivity index (χ2n) is 4.79. The Kier molecular flexibility index (Phi) is 3.59. The molecule has 2 heteroatoms. The van der Waals surface area contributed by atoms with Crippen LogP contribution in [0.5, 0.6) is 0 Å². The van der Waals surface area contributed by atoms with Crippen molar-refractivity contribution in [2.45, 2.75) is 59.4 Å². The summed E-state index contributed by atoms with van der Waals surface area (Å²) in [5, 5.41) is 9.84. The van der Waals surface area contributed by atoms with Gasteiger partial charge in [0, 0.05) is 5.92 Å². The maximum Gasteiger partial charge on any atom is 0.158 e. The van der Waals surface area contributed by atoms with Crippen LogP contribution in [0.2, 0.25) is 0 Å². The first-order valence-corrected chi connectivity index (χ1v) is 5.84. The summed E-state index contributed by atoms with van der Waals surface area (Å²) < 4.78 is 5.82. The van der Waals surface area contributed by atoms with Crippen LogP contribution in [-0.4, -0.2) is 17.0 Å². The van der Waals surface area contributed by atoms with Crippen molar-refractivity contribution in [2.75, 3.05) is 0 Å². The molecule has 0 aromatic carbocycles. The molecule has 84 valence electrons. The van der Waals surface area contributed by atoms with Crippen molar-refractivity contribution in [1.82, 2.24) is 0 Å². The number of aliphatic hydroxyl groups is 1. The first kappa shape index (κ1) is 12.0. The number of rotatable bonds is 2. The molecule has 1 aliphatic heterocycles. The molecule has 1 heterocycles. The van der Waals surface area contributed by atoms with Gasteiger partial charge < -0.3 is 9.84 Å². The molecule has 0 saturated carbocycles. The van der Waals surface area contributed by atoms with E-state index < -0.39 is 6.29 Å². The number of hydrogen-bond donors (Lipinski definition) is 1. The fourth-order valence-electron chi connectivity index (χ4n) is 2.71. The monoisotopic (exact) mass is 200 g/mol. The molecule has 1 rings (SSSR count). The van der Waals surface area contributed by atoms with Crippen molar-refractivity contribution < 1.29 is 9.84 Å². The predicted octanol–water partition coefficient (Wildman–Crippen LogP) is 2.80. The van der Waals surface area contributed by atoms with Gasteiger partial charge in [0.25, 0.3) is 0 Å². The maximum atomic E-state index is 9.84. The lowest BCUT2D eigenvalue weighted by Crippen LogP contribution is -2.53. The van der Waals surface area contributed by atoms with Crippen LogP contribution in [0, 0.1) is 17.8 Å². The van der Waals surface area contributed by atoms with Gasteiger partial charge in [0.1, 0.15) is 0 Å². The van der Waals surface area contributed by atoms with Gasteiger partial charge in [-0.25, -0.2) is 0 Å². The molecule has 2 nitrogen and oxygen atoms in total. The highest BCUT2D eigenvalue weighted by atomic mass is 16.6. The van der Waals surface area contributed by atoms with Gasteiger partial charge in [-0.1, -0.05) is 34.6 Å². The lowest BCUT2D eigenvalue weighted by molar-refractivity contribution is -0.274. The normalized spacial score (nSPS) is 42.4. The van der Waals surface area contributed by atoms with Crippen molar-refractivity contribution in [1.29, 1.82) is 0 Å². The Morgan fingerprint density at radius 3 is 2.00 bits per heavy atom. The molecule has 0 aromatic rings. The van der Waals surface area contributed by atoms with E-state index in [1.807, 2.05) is 0 Å². The second kappa shape index (κ2) is 4.19. The van der Waals surface area contributed by atoms with Gasteiger partial charge in [-0.2, -0.15) is 0 Å². The summed E-state index contributed by atoms with van der Waals surface area (Å²) in [6, 6.07) is 0. The van der Waals surface area contributed by atoms with Crippen LogP contribution >= 0.6 is 0 Å². The fourth-order valence-corrected chi connectivity index (χ4v) is 2.71. The van der Waals surface area contributed by atoms with Gasteiger partial charge in [0.15, 0.2) is 6.29 Å². The zero-order valence-electron chi connectivity index (χ0n) is 10.1. The van der Waals surface area contributed by atoms with E-state index in [-0.39, 0.29) is 11.5 Å². The third-order valence-corrected chi connectivity index (χ3v) is 4.45. The lowest BCUT2D eigenvalue weighted by atomic mass is 9.70. The smallest absolute Gasteiger partial charge is 0.158 e. The minimum atomic E-state index is -0.582. The topological polar surface area (TPSA) is 29.5 Å². The minimum Gasteiger partial charge on any atom is -0.368 e. The van der Waals surface area contributed by atoms with Crippen molar-refractivity contribution in [3.63, 3.8) is 0 Å². The Labute approximate surface area is 87.7 Å². The van der Waals surface area contributed by atoms with E-state index in [2.05, 4.69) is 34.6 Å². The molecule has 14 heavy (non-hydrogen) atoms. The Morgan fingerprint density at radius 1 is 1.07 bits per heavy atom. The van der Waals surface area contributed by atoms with Gasteiger partial charge in [-0.15, -0.1) is 0 Å². The second-order valence-corrected chi connectivity index (χ2v) is 4.79. The summed E-state index contributed by atoms with van der Waals surface area (Å²) in [7, 11) is 0. The van der Waals surface area contributed by atoms with Gasteiger partial charge in [0.2, 0.25) is 0 Å². The Morgan fingerprint density at radius 2 is 1.57 bits per heavy atom. The van der Waals surface area contributed by atoms with Gasteiger partial charge in [-0.05, 0) is 24.7 Å². The highest BCUT2D eigenvalue weighted by Gasteiger charge is 2.46. The molecule has 1 N–H and O–H groups in total.